The van der Waals surface area contributed by atoms with Gasteiger partial charge < -0.3 is 14.9 Å². The fraction of sp³-hybridized carbons (Fsp3) is 0.391. The Kier molecular flexibility index (Phi) is 6.40. The van der Waals surface area contributed by atoms with Crippen LogP contribution < -0.4 is 4.90 Å². The van der Waals surface area contributed by atoms with Crippen molar-refractivity contribution in [2.45, 2.75) is 18.6 Å². The van der Waals surface area contributed by atoms with Gasteiger partial charge in [0, 0.05) is 63.8 Å². The van der Waals surface area contributed by atoms with Gasteiger partial charge in [-0.1, -0.05) is 18.2 Å². The van der Waals surface area contributed by atoms with Gasteiger partial charge in [-0.3, -0.25) is 14.7 Å². The van der Waals surface area contributed by atoms with Gasteiger partial charge in [0.2, 0.25) is 5.91 Å². The van der Waals surface area contributed by atoms with Crippen molar-refractivity contribution in [3.05, 3.63) is 66.2 Å². The van der Waals surface area contributed by atoms with E-state index in [2.05, 4.69) is 14.8 Å². The largest absolute Gasteiger partial charge is 0.390 e. The molecular weight excluding hydrogens is 383 g/mol. The Labute approximate surface area is 176 Å². The Balaban J connectivity index is 1.29. The number of aliphatic hydroxyl groups excluding tert-OH is 1. The molecule has 6 nitrogen and oxygen atoms in total. The number of rotatable bonds is 4. The Hall–Kier alpha value is -2.77. The number of hydrogen-bond acceptors (Lipinski definition) is 5. The minimum absolute atomic E-state index is 0.0270. The number of aliphatic hydroxyl groups is 1. The van der Waals surface area contributed by atoms with Gasteiger partial charge in [0.25, 0.3) is 0 Å². The van der Waals surface area contributed by atoms with E-state index in [1.807, 2.05) is 24.3 Å². The number of amides is 1. The Morgan fingerprint density at radius 1 is 1.10 bits per heavy atom. The van der Waals surface area contributed by atoms with E-state index in [-0.39, 0.29) is 17.8 Å². The van der Waals surface area contributed by atoms with Crippen molar-refractivity contribution in [3.63, 3.8) is 0 Å². The monoisotopic (exact) mass is 410 g/mol. The van der Waals surface area contributed by atoms with Crippen molar-refractivity contribution < 1.29 is 14.3 Å². The average Bonchev–Trinajstić information content (AvgIpc) is 2.79. The molecule has 0 bridgehead atoms. The first kappa shape index (κ1) is 20.5. The second-order valence-electron chi connectivity index (χ2n) is 7.80. The van der Waals surface area contributed by atoms with E-state index >= 15 is 0 Å². The molecule has 2 saturated heterocycles. The molecule has 7 heteroatoms. The summed E-state index contributed by atoms with van der Waals surface area (Å²) in [6, 6.07) is 10.6. The quantitative estimate of drug-likeness (QED) is 0.782. The second-order valence-corrected chi connectivity index (χ2v) is 7.80. The molecule has 2 aliphatic rings. The molecule has 3 heterocycles. The van der Waals surface area contributed by atoms with Crippen molar-refractivity contribution in [2.75, 3.05) is 44.2 Å². The molecular formula is C23H27FN4O2. The van der Waals surface area contributed by atoms with E-state index in [1.54, 1.807) is 29.4 Å². The maximum absolute atomic E-state index is 14.0. The molecule has 1 amide bonds. The van der Waals surface area contributed by atoms with Gasteiger partial charge in [-0.05, 0) is 36.3 Å². The van der Waals surface area contributed by atoms with Crippen molar-refractivity contribution in [2.24, 2.45) is 0 Å². The number of carbonyl (C=O) groups is 1. The number of piperazine rings is 1. The predicted octanol–water partition coefficient (Wildman–Crippen LogP) is 2.02. The number of halogens is 1. The topological polar surface area (TPSA) is 59.9 Å². The number of β-amino-alcohol motifs (C(OH)–C–C–N with tert-alkyl or cyclic N) is 1. The van der Waals surface area contributed by atoms with Crippen molar-refractivity contribution in [1.82, 2.24) is 14.8 Å². The van der Waals surface area contributed by atoms with E-state index in [0.29, 0.717) is 18.8 Å². The summed E-state index contributed by atoms with van der Waals surface area (Å²) in [7, 11) is 0. The summed E-state index contributed by atoms with van der Waals surface area (Å²) < 4.78 is 14.0. The third-order valence-electron chi connectivity index (χ3n) is 5.94. The highest BCUT2D eigenvalue weighted by Crippen LogP contribution is 2.23. The average molecular weight is 410 g/mol. The number of likely N-dealkylation sites (tertiary alicyclic amines) is 1. The summed E-state index contributed by atoms with van der Waals surface area (Å²) in [6.07, 6.45) is 6.82. The number of hydrogen-bond donors (Lipinski definition) is 1. The van der Waals surface area contributed by atoms with E-state index < -0.39 is 6.10 Å². The molecule has 0 aliphatic carbocycles. The first-order chi connectivity index (χ1) is 14.6. The van der Waals surface area contributed by atoms with Crippen molar-refractivity contribution in [3.8, 4) is 0 Å². The normalized spacial score (nSPS) is 23.1. The number of nitrogens with zero attached hydrogens (tertiary/aromatic N) is 4. The first-order valence-corrected chi connectivity index (χ1v) is 10.4. The smallest absolute Gasteiger partial charge is 0.246 e. The minimum atomic E-state index is -0.588. The Morgan fingerprint density at radius 2 is 1.90 bits per heavy atom. The summed E-state index contributed by atoms with van der Waals surface area (Å²) in [5.41, 5.74) is 1.51. The van der Waals surface area contributed by atoms with Crippen LogP contribution in [0.25, 0.3) is 6.08 Å². The zero-order valence-electron chi connectivity index (χ0n) is 16.9. The Bertz CT molecular complexity index is 884. The minimum Gasteiger partial charge on any atom is -0.390 e. The summed E-state index contributed by atoms with van der Waals surface area (Å²) in [5.74, 6) is -0.294. The highest BCUT2D eigenvalue weighted by molar-refractivity contribution is 5.91. The summed E-state index contributed by atoms with van der Waals surface area (Å²) >= 11 is 0. The fourth-order valence-electron chi connectivity index (χ4n) is 4.30. The molecule has 2 atom stereocenters. The van der Waals surface area contributed by atoms with Gasteiger partial charge in [-0.25, -0.2) is 4.39 Å². The maximum atomic E-state index is 14.0. The first-order valence-electron chi connectivity index (χ1n) is 10.4. The van der Waals surface area contributed by atoms with Crippen LogP contribution in [0.15, 0.2) is 54.9 Å². The molecule has 2 fully saturated rings. The predicted molar refractivity (Wildman–Crippen MR) is 114 cm³/mol. The van der Waals surface area contributed by atoms with E-state index in [1.165, 1.54) is 12.1 Å². The standard InChI is InChI=1S/C23H27FN4O2/c24-19-5-1-2-6-20(19)26-12-14-27(15-13-26)21-9-11-28(17-22(21)29)23(30)8-7-18-4-3-10-25-16-18/h1-8,10,16,21-22,29H,9,11-15,17H2/b8-7+/t21-,22-/m1/s1. The lowest BCUT2D eigenvalue weighted by Crippen LogP contribution is -2.59. The number of carbonyl (C=O) groups excluding carboxylic acids is 1. The van der Waals surface area contributed by atoms with Crippen LogP contribution in [-0.2, 0) is 4.79 Å². The van der Waals surface area contributed by atoms with Crippen LogP contribution in [0.4, 0.5) is 10.1 Å². The number of anilines is 1. The zero-order chi connectivity index (χ0) is 20.9. The number of pyridine rings is 1. The molecule has 1 aromatic heterocycles. The summed E-state index contributed by atoms with van der Waals surface area (Å²) in [5, 5.41) is 10.7. The molecule has 30 heavy (non-hydrogen) atoms. The van der Waals surface area contributed by atoms with Crippen LogP contribution in [0.3, 0.4) is 0 Å². The summed E-state index contributed by atoms with van der Waals surface area (Å²) in [4.78, 5) is 22.5. The van der Waals surface area contributed by atoms with Crippen LogP contribution in [0.2, 0.25) is 0 Å². The highest BCUT2D eigenvalue weighted by atomic mass is 19.1. The third-order valence-corrected chi connectivity index (χ3v) is 5.94. The molecule has 1 N–H and O–H groups in total. The van der Waals surface area contributed by atoms with Gasteiger partial charge in [0.1, 0.15) is 5.82 Å². The van der Waals surface area contributed by atoms with Crippen molar-refractivity contribution in [1.29, 1.82) is 0 Å². The molecule has 158 valence electrons. The zero-order valence-corrected chi connectivity index (χ0v) is 16.9. The maximum Gasteiger partial charge on any atom is 0.246 e. The molecule has 1 aromatic carbocycles. The molecule has 2 aromatic rings. The van der Waals surface area contributed by atoms with E-state index in [4.69, 9.17) is 0 Å². The van der Waals surface area contributed by atoms with Crippen LogP contribution in [0, 0.1) is 5.82 Å². The SMILES string of the molecule is O=C(/C=C/c1cccnc1)N1CC[C@@H](N2CCN(c3ccccc3F)CC2)[C@H](O)C1. The molecule has 0 radical (unpaired) electrons. The number of para-hydroxylation sites is 1. The number of aromatic nitrogens is 1. The van der Waals surface area contributed by atoms with E-state index in [0.717, 1.165) is 38.2 Å². The fourth-order valence-corrected chi connectivity index (χ4v) is 4.30. The van der Waals surface area contributed by atoms with Crippen LogP contribution in [0.5, 0.6) is 0 Å². The molecule has 4 rings (SSSR count). The number of piperidine rings is 1. The molecule has 0 saturated carbocycles. The molecule has 0 unspecified atom stereocenters. The van der Waals surface area contributed by atoms with Crippen LogP contribution >= 0.6 is 0 Å². The lowest BCUT2D eigenvalue weighted by Gasteiger charge is -2.45. The third kappa shape index (κ3) is 4.68. The lowest BCUT2D eigenvalue weighted by molar-refractivity contribution is -0.131. The van der Waals surface area contributed by atoms with Gasteiger partial charge >= 0.3 is 0 Å². The van der Waals surface area contributed by atoms with Gasteiger partial charge in [-0.15, -0.1) is 0 Å². The highest BCUT2D eigenvalue weighted by Gasteiger charge is 2.35. The van der Waals surface area contributed by atoms with E-state index in [9.17, 15) is 14.3 Å². The molecule has 2 aliphatic heterocycles. The second kappa shape index (κ2) is 9.36. The number of benzene rings is 1. The van der Waals surface area contributed by atoms with Crippen molar-refractivity contribution >= 4 is 17.7 Å². The summed E-state index contributed by atoms with van der Waals surface area (Å²) in [6.45, 7) is 3.93. The van der Waals surface area contributed by atoms with Crippen LogP contribution in [0.1, 0.15) is 12.0 Å². The van der Waals surface area contributed by atoms with Crippen LogP contribution in [-0.4, -0.2) is 77.2 Å². The molecule has 0 spiro atoms. The van der Waals surface area contributed by atoms with Gasteiger partial charge in [0.05, 0.1) is 11.8 Å². The lowest BCUT2D eigenvalue weighted by atomic mass is 9.99. The van der Waals surface area contributed by atoms with Gasteiger partial charge in [-0.2, -0.15) is 0 Å². The Morgan fingerprint density at radius 3 is 2.60 bits per heavy atom. The van der Waals surface area contributed by atoms with Gasteiger partial charge in [0.15, 0.2) is 0 Å².